The Balaban J connectivity index is 2.62. The number of rotatable bonds is 2. The van der Waals surface area contributed by atoms with Gasteiger partial charge in [-0.1, -0.05) is 0 Å². The fourth-order valence-corrected chi connectivity index (χ4v) is 2.77. The van der Waals surface area contributed by atoms with Crippen LogP contribution in [0.1, 0.15) is 48.5 Å². The van der Waals surface area contributed by atoms with Crippen LogP contribution in [-0.2, 0) is 0 Å². The monoisotopic (exact) mass is 269 g/mol. The van der Waals surface area contributed by atoms with Crippen molar-refractivity contribution in [2.24, 2.45) is 0 Å². The predicted molar refractivity (Wildman–Crippen MR) is 80.4 cm³/mol. The summed E-state index contributed by atoms with van der Waals surface area (Å²) in [6.07, 6.45) is 0. The van der Waals surface area contributed by atoms with Crippen LogP contribution in [0.3, 0.4) is 0 Å². The first-order valence-electron chi connectivity index (χ1n) is 7.47. The smallest absolute Gasteiger partial charge is 0.320 e. The number of nitrogens with zero attached hydrogens (tertiary/aromatic N) is 3. The predicted octanol–water partition coefficient (Wildman–Crippen LogP) is 2.64. The Hall–Kier alpha value is -0.770. The van der Waals surface area contributed by atoms with Crippen molar-refractivity contribution in [2.45, 2.75) is 66.1 Å². The minimum absolute atomic E-state index is 0.193. The number of amides is 2. The van der Waals surface area contributed by atoms with Crippen molar-refractivity contribution in [1.82, 2.24) is 14.7 Å². The lowest BCUT2D eigenvalue weighted by molar-refractivity contribution is 0.0566. The number of carbonyl (C=O) groups is 1. The molecule has 2 amide bonds. The van der Waals surface area contributed by atoms with E-state index in [2.05, 4.69) is 53.4 Å². The quantitative estimate of drug-likeness (QED) is 0.770. The Morgan fingerprint density at radius 3 is 1.68 bits per heavy atom. The van der Waals surface area contributed by atoms with Gasteiger partial charge in [-0.3, -0.25) is 4.90 Å². The average molecular weight is 269 g/mol. The highest BCUT2D eigenvalue weighted by atomic mass is 16.2. The standard InChI is InChI=1S/C15H31N3O/c1-12(2)18(13(3)4)14(19)16-8-10-17(11-9-16)15(5,6)7/h12-13H,8-11H2,1-7H3. The van der Waals surface area contributed by atoms with Gasteiger partial charge in [0.2, 0.25) is 0 Å². The third-order valence-corrected chi connectivity index (χ3v) is 3.83. The Kier molecular flexibility index (Phi) is 5.25. The number of hydrogen-bond donors (Lipinski definition) is 0. The van der Waals surface area contributed by atoms with E-state index in [4.69, 9.17) is 0 Å². The minimum Gasteiger partial charge on any atom is -0.322 e. The van der Waals surface area contributed by atoms with Crippen molar-refractivity contribution in [2.75, 3.05) is 26.2 Å². The molecule has 0 N–H and O–H groups in total. The van der Waals surface area contributed by atoms with Crippen LogP contribution >= 0.6 is 0 Å². The fourth-order valence-electron chi connectivity index (χ4n) is 2.77. The van der Waals surface area contributed by atoms with E-state index in [-0.39, 0.29) is 23.7 Å². The minimum atomic E-state index is 0.193. The molecule has 0 aliphatic carbocycles. The number of hydrogen-bond acceptors (Lipinski definition) is 2. The van der Waals surface area contributed by atoms with Gasteiger partial charge in [0, 0.05) is 43.8 Å². The molecule has 4 heteroatoms. The zero-order chi connectivity index (χ0) is 14.8. The molecule has 1 fully saturated rings. The SMILES string of the molecule is CC(C)N(C(=O)N1CCN(C(C)(C)C)CC1)C(C)C. The van der Waals surface area contributed by atoms with Crippen LogP contribution in [0.25, 0.3) is 0 Å². The second kappa shape index (κ2) is 6.12. The van der Waals surface area contributed by atoms with E-state index in [1.165, 1.54) is 0 Å². The maximum atomic E-state index is 12.6. The number of piperazine rings is 1. The first-order valence-corrected chi connectivity index (χ1v) is 7.47. The zero-order valence-electron chi connectivity index (χ0n) is 13.7. The van der Waals surface area contributed by atoms with E-state index in [0.717, 1.165) is 26.2 Å². The van der Waals surface area contributed by atoms with E-state index >= 15 is 0 Å². The van der Waals surface area contributed by atoms with Crippen LogP contribution < -0.4 is 0 Å². The van der Waals surface area contributed by atoms with Gasteiger partial charge in [-0.15, -0.1) is 0 Å². The summed E-state index contributed by atoms with van der Waals surface area (Å²) in [6.45, 7) is 18.7. The molecule has 0 unspecified atom stereocenters. The molecule has 1 rings (SSSR count). The van der Waals surface area contributed by atoms with Gasteiger partial charge < -0.3 is 9.80 Å². The van der Waals surface area contributed by atoms with Crippen molar-refractivity contribution in [3.05, 3.63) is 0 Å². The summed E-state index contributed by atoms with van der Waals surface area (Å²) >= 11 is 0. The van der Waals surface area contributed by atoms with Crippen LogP contribution in [0.15, 0.2) is 0 Å². The summed E-state index contributed by atoms with van der Waals surface area (Å²) < 4.78 is 0. The molecule has 0 saturated carbocycles. The first kappa shape index (κ1) is 16.3. The van der Waals surface area contributed by atoms with Gasteiger partial charge in [-0.25, -0.2) is 4.79 Å². The molecule has 112 valence electrons. The van der Waals surface area contributed by atoms with Gasteiger partial charge in [-0.05, 0) is 48.5 Å². The molecule has 0 spiro atoms. The van der Waals surface area contributed by atoms with Gasteiger partial charge in [-0.2, -0.15) is 0 Å². The zero-order valence-corrected chi connectivity index (χ0v) is 13.7. The first-order chi connectivity index (χ1) is 8.64. The molecular weight excluding hydrogens is 238 g/mol. The Morgan fingerprint density at radius 1 is 0.947 bits per heavy atom. The summed E-state index contributed by atoms with van der Waals surface area (Å²) in [4.78, 5) is 19.0. The summed E-state index contributed by atoms with van der Waals surface area (Å²) in [5, 5.41) is 0. The summed E-state index contributed by atoms with van der Waals surface area (Å²) in [5.74, 6) is 0. The Bertz CT molecular complexity index is 291. The third kappa shape index (κ3) is 4.10. The highest BCUT2D eigenvalue weighted by Gasteiger charge is 2.31. The molecule has 1 aliphatic rings. The average Bonchev–Trinajstić information content (AvgIpc) is 2.27. The van der Waals surface area contributed by atoms with Crippen molar-refractivity contribution >= 4 is 6.03 Å². The normalized spacial score (nSPS) is 18.3. The molecule has 0 aromatic rings. The van der Waals surface area contributed by atoms with Crippen molar-refractivity contribution in [3.63, 3.8) is 0 Å². The van der Waals surface area contributed by atoms with Crippen LogP contribution in [-0.4, -0.2) is 64.5 Å². The molecule has 0 aromatic carbocycles. The second-order valence-corrected chi connectivity index (χ2v) is 7.02. The summed E-state index contributed by atoms with van der Waals surface area (Å²) in [6, 6.07) is 0.708. The third-order valence-electron chi connectivity index (χ3n) is 3.83. The molecule has 1 saturated heterocycles. The van der Waals surface area contributed by atoms with Crippen LogP contribution in [0.5, 0.6) is 0 Å². The van der Waals surface area contributed by atoms with Gasteiger partial charge in [0.1, 0.15) is 0 Å². The van der Waals surface area contributed by atoms with Gasteiger partial charge >= 0.3 is 6.03 Å². The lowest BCUT2D eigenvalue weighted by atomic mass is 10.1. The number of urea groups is 1. The highest BCUT2D eigenvalue weighted by Crippen LogP contribution is 2.17. The topological polar surface area (TPSA) is 26.8 Å². The largest absolute Gasteiger partial charge is 0.322 e. The van der Waals surface area contributed by atoms with Gasteiger partial charge in [0.05, 0.1) is 0 Å². The van der Waals surface area contributed by atoms with Gasteiger partial charge in [0.15, 0.2) is 0 Å². The van der Waals surface area contributed by atoms with Crippen molar-refractivity contribution in [3.8, 4) is 0 Å². The Morgan fingerprint density at radius 2 is 1.37 bits per heavy atom. The highest BCUT2D eigenvalue weighted by molar-refractivity contribution is 5.75. The lowest BCUT2D eigenvalue weighted by Crippen LogP contribution is -2.58. The fraction of sp³-hybridized carbons (Fsp3) is 0.933. The molecular formula is C15H31N3O. The number of carbonyl (C=O) groups excluding carboxylic acids is 1. The van der Waals surface area contributed by atoms with E-state index in [9.17, 15) is 4.79 Å². The summed E-state index contributed by atoms with van der Waals surface area (Å²) in [7, 11) is 0. The molecule has 0 atom stereocenters. The molecule has 0 radical (unpaired) electrons. The molecule has 19 heavy (non-hydrogen) atoms. The van der Waals surface area contributed by atoms with Crippen LogP contribution in [0.2, 0.25) is 0 Å². The van der Waals surface area contributed by atoms with E-state index in [1.807, 2.05) is 9.80 Å². The van der Waals surface area contributed by atoms with E-state index in [1.54, 1.807) is 0 Å². The molecule has 0 bridgehead atoms. The molecule has 1 aliphatic heterocycles. The maximum absolute atomic E-state index is 12.6. The Labute approximate surface area is 118 Å². The molecule has 4 nitrogen and oxygen atoms in total. The van der Waals surface area contributed by atoms with Crippen LogP contribution in [0, 0.1) is 0 Å². The van der Waals surface area contributed by atoms with E-state index < -0.39 is 0 Å². The van der Waals surface area contributed by atoms with Crippen LogP contribution in [0.4, 0.5) is 4.79 Å². The van der Waals surface area contributed by atoms with Crippen molar-refractivity contribution < 1.29 is 4.79 Å². The van der Waals surface area contributed by atoms with E-state index in [0.29, 0.717) is 0 Å². The molecule has 1 heterocycles. The molecule has 0 aromatic heterocycles. The summed E-state index contributed by atoms with van der Waals surface area (Å²) in [5.41, 5.74) is 0.199. The lowest BCUT2D eigenvalue weighted by Gasteiger charge is -2.44. The van der Waals surface area contributed by atoms with Crippen molar-refractivity contribution in [1.29, 1.82) is 0 Å². The second-order valence-electron chi connectivity index (χ2n) is 7.02. The van der Waals surface area contributed by atoms with Gasteiger partial charge in [0.25, 0.3) is 0 Å². The maximum Gasteiger partial charge on any atom is 0.320 e.